The predicted octanol–water partition coefficient (Wildman–Crippen LogP) is 2.65. The lowest BCUT2D eigenvalue weighted by Gasteiger charge is -2.15. The quantitative estimate of drug-likeness (QED) is 0.376. The number of hydrogen-bond acceptors (Lipinski definition) is 8. The number of aliphatic hydroxyl groups excluding tert-OH is 1. The third-order valence-electron chi connectivity index (χ3n) is 6.11. The van der Waals surface area contributed by atoms with Crippen LogP contribution in [0, 0.1) is 19.7 Å². The summed E-state index contributed by atoms with van der Waals surface area (Å²) in [5.74, 6) is 0.0883. The third-order valence-corrected chi connectivity index (χ3v) is 6.11. The highest BCUT2D eigenvalue weighted by atomic mass is 19.1. The van der Waals surface area contributed by atoms with Gasteiger partial charge in [0.2, 0.25) is 0 Å². The lowest BCUT2D eigenvalue weighted by molar-refractivity contribution is -0.137. The molecule has 3 atom stereocenters. The summed E-state index contributed by atoms with van der Waals surface area (Å²) >= 11 is 0. The molecule has 3 N–H and O–H groups in total. The van der Waals surface area contributed by atoms with Crippen molar-refractivity contribution in [3.05, 3.63) is 65.5 Å². The monoisotopic (exact) mass is 491 g/mol. The maximum Gasteiger partial charge on any atom is 0.251 e. The Labute approximate surface area is 206 Å². The zero-order valence-electron chi connectivity index (χ0n) is 20.1. The van der Waals surface area contributed by atoms with E-state index in [1.807, 2.05) is 19.9 Å². The number of rotatable bonds is 6. The molecule has 0 radical (unpaired) electrons. The fraction of sp³-hybridized carbons (Fsp3) is 0.320. The van der Waals surface area contributed by atoms with Crippen molar-refractivity contribution in [2.24, 2.45) is 0 Å². The fourth-order valence-electron chi connectivity index (χ4n) is 4.28. The Morgan fingerprint density at radius 1 is 1.22 bits per heavy atom. The van der Waals surface area contributed by atoms with Crippen LogP contribution >= 0.6 is 0 Å². The van der Waals surface area contributed by atoms with E-state index in [1.165, 1.54) is 13.1 Å². The number of halogens is 1. The summed E-state index contributed by atoms with van der Waals surface area (Å²) in [6, 6.07) is 6.84. The number of pyridine rings is 1. The molecule has 0 unspecified atom stereocenters. The molecule has 4 aromatic rings. The van der Waals surface area contributed by atoms with Gasteiger partial charge in [-0.3, -0.25) is 14.3 Å². The molecule has 36 heavy (non-hydrogen) atoms. The number of likely N-dealkylation sites (N-methyl/N-ethyl adjacent to an activating group) is 1. The zero-order valence-corrected chi connectivity index (χ0v) is 20.1. The Bertz CT molecular complexity index is 1440. The van der Waals surface area contributed by atoms with Gasteiger partial charge in [-0.2, -0.15) is 0 Å². The van der Waals surface area contributed by atoms with Gasteiger partial charge in [0.05, 0.1) is 12.4 Å². The number of benzene rings is 1. The number of nitrogens with one attached hydrogen (secondary N) is 2. The maximum atomic E-state index is 14.4. The van der Waals surface area contributed by atoms with E-state index in [9.17, 15) is 14.3 Å². The summed E-state index contributed by atoms with van der Waals surface area (Å²) in [5, 5.41) is 16.1. The van der Waals surface area contributed by atoms with Gasteiger partial charge in [-0.15, -0.1) is 0 Å². The molecule has 4 heterocycles. The number of anilines is 1. The highest BCUT2D eigenvalue weighted by molar-refractivity contribution is 5.85. The fourth-order valence-corrected chi connectivity index (χ4v) is 4.28. The van der Waals surface area contributed by atoms with Gasteiger partial charge in [0.15, 0.2) is 28.9 Å². The third kappa shape index (κ3) is 4.50. The highest BCUT2D eigenvalue weighted by Crippen LogP contribution is 2.33. The normalized spacial score (nSPS) is 19.5. The van der Waals surface area contributed by atoms with Gasteiger partial charge in [0, 0.05) is 43.5 Å². The second-order valence-corrected chi connectivity index (χ2v) is 8.85. The van der Waals surface area contributed by atoms with Crippen LogP contribution in [0.1, 0.15) is 29.3 Å². The number of carbonyl (C=O) groups is 1. The molecule has 3 aromatic heterocycles. The molecule has 1 aliphatic rings. The van der Waals surface area contributed by atoms with Crippen LogP contribution in [0.25, 0.3) is 22.6 Å². The van der Waals surface area contributed by atoms with Crippen LogP contribution in [0.5, 0.6) is 0 Å². The van der Waals surface area contributed by atoms with E-state index in [0.717, 1.165) is 11.1 Å². The molecule has 1 aliphatic heterocycles. The summed E-state index contributed by atoms with van der Waals surface area (Å²) in [6.07, 6.45) is 2.49. The molecule has 0 saturated carbocycles. The number of aliphatic hydroxyl groups is 1. The second kappa shape index (κ2) is 9.59. The van der Waals surface area contributed by atoms with Gasteiger partial charge in [-0.25, -0.2) is 19.3 Å². The lowest BCUT2D eigenvalue weighted by Crippen LogP contribution is -2.38. The topological polar surface area (TPSA) is 127 Å². The van der Waals surface area contributed by atoms with Crippen molar-refractivity contribution >= 4 is 22.9 Å². The summed E-state index contributed by atoms with van der Waals surface area (Å²) in [6.45, 7) is 4.01. The molecule has 0 aliphatic carbocycles. The van der Waals surface area contributed by atoms with Gasteiger partial charge in [0.25, 0.3) is 5.91 Å². The summed E-state index contributed by atoms with van der Waals surface area (Å²) < 4.78 is 21.9. The number of amides is 1. The standard InChI is InChI=1S/C25H26FN7O3/c1-13-4-5-17(26)15(6-13)11-29-23-20-24(32-22(31-23)16-7-14(2)9-28-10-16)33(12-30-20)19-8-18(34)21(36-19)25(35)27-3/h4-7,9-10,12,18-19,21,34H,8,11H2,1-3H3,(H,27,35)(H,29,31,32)/t18-,19+,21-/m0/s1. The van der Waals surface area contributed by atoms with Crippen LogP contribution in [0.15, 0.2) is 43.0 Å². The zero-order chi connectivity index (χ0) is 25.4. The summed E-state index contributed by atoms with van der Waals surface area (Å²) in [4.78, 5) is 30.2. The molecule has 1 aromatic carbocycles. The van der Waals surface area contributed by atoms with E-state index < -0.39 is 24.3 Å². The molecule has 1 amide bonds. The Morgan fingerprint density at radius 2 is 2.06 bits per heavy atom. The van der Waals surface area contributed by atoms with Gasteiger partial charge in [0.1, 0.15) is 12.0 Å². The first-order chi connectivity index (χ1) is 17.3. The maximum absolute atomic E-state index is 14.4. The van der Waals surface area contributed by atoms with Crippen LogP contribution < -0.4 is 10.6 Å². The predicted molar refractivity (Wildman–Crippen MR) is 130 cm³/mol. The van der Waals surface area contributed by atoms with Crippen molar-refractivity contribution in [1.82, 2.24) is 29.8 Å². The number of fused-ring (bicyclic) bond motifs is 1. The molecule has 0 spiro atoms. The van der Waals surface area contributed by atoms with Crippen LogP contribution in [-0.2, 0) is 16.1 Å². The molecule has 5 rings (SSSR count). The van der Waals surface area contributed by atoms with Crippen molar-refractivity contribution in [1.29, 1.82) is 0 Å². The molecule has 186 valence electrons. The van der Waals surface area contributed by atoms with Crippen molar-refractivity contribution < 1.29 is 19.0 Å². The summed E-state index contributed by atoms with van der Waals surface area (Å²) in [5.41, 5.74) is 3.98. The minimum absolute atomic E-state index is 0.187. The largest absolute Gasteiger partial charge is 0.390 e. The average Bonchev–Trinajstić information content (AvgIpc) is 3.47. The van der Waals surface area contributed by atoms with E-state index >= 15 is 0 Å². The number of aromatic nitrogens is 5. The number of carbonyl (C=O) groups excluding carboxylic acids is 1. The first kappa shape index (κ1) is 23.8. The van der Waals surface area contributed by atoms with Gasteiger partial charge < -0.3 is 20.5 Å². The molecule has 1 saturated heterocycles. The number of nitrogens with zero attached hydrogens (tertiary/aromatic N) is 5. The Hall–Kier alpha value is -3.96. The number of hydrogen-bond donors (Lipinski definition) is 3. The first-order valence-electron chi connectivity index (χ1n) is 11.5. The minimum Gasteiger partial charge on any atom is -0.390 e. The molecule has 0 bridgehead atoms. The molecule has 1 fully saturated rings. The SMILES string of the molecule is CNC(=O)[C@H]1O[C@@H](n2cnc3c(NCc4cc(C)ccc4F)nc(-c4cncc(C)c4)nc32)C[C@@H]1O. The van der Waals surface area contributed by atoms with Gasteiger partial charge in [-0.1, -0.05) is 17.7 Å². The molecule has 10 nitrogen and oxygen atoms in total. The first-order valence-corrected chi connectivity index (χ1v) is 11.5. The van der Waals surface area contributed by atoms with Crippen LogP contribution in [0.2, 0.25) is 0 Å². The van der Waals surface area contributed by atoms with E-state index in [4.69, 9.17) is 9.72 Å². The lowest BCUT2D eigenvalue weighted by atomic mass is 10.1. The van der Waals surface area contributed by atoms with E-state index in [0.29, 0.717) is 33.9 Å². The van der Waals surface area contributed by atoms with Crippen molar-refractivity contribution in [3.8, 4) is 11.4 Å². The van der Waals surface area contributed by atoms with Crippen molar-refractivity contribution in [3.63, 3.8) is 0 Å². The van der Waals surface area contributed by atoms with Crippen molar-refractivity contribution in [2.45, 2.75) is 45.2 Å². The smallest absolute Gasteiger partial charge is 0.251 e. The Balaban J connectivity index is 1.56. The van der Waals surface area contributed by atoms with E-state index in [1.54, 1.807) is 35.4 Å². The summed E-state index contributed by atoms with van der Waals surface area (Å²) in [7, 11) is 1.49. The van der Waals surface area contributed by atoms with E-state index in [-0.39, 0.29) is 18.8 Å². The van der Waals surface area contributed by atoms with Gasteiger partial charge >= 0.3 is 0 Å². The molecule has 11 heteroatoms. The van der Waals surface area contributed by atoms with Crippen LogP contribution in [0.4, 0.5) is 10.2 Å². The Kier molecular flexibility index (Phi) is 6.33. The van der Waals surface area contributed by atoms with Crippen molar-refractivity contribution in [2.75, 3.05) is 12.4 Å². The molecular formula is C25H26FN7O3. The molecular weight excluding hydrogens is 465 g/mol. The number of ether oxygens (including phenoxy) is 1. The van der Waals surface area contributed by atoms with Gasteiger partial charge in [-0.05, 0) is 31.5 Å². The highest BCUT2D eigenvalue weighted by Gasteiger charge is 2.40. The Morgan fingerprint density at radius 3 is 2.83 bits per heavy atom. The van der Waals surface area contributed by atoms with Crippen LogP contribution in [-0.4, -0.2) is 54.8 Å². The average molecular weight is 492 g/mol. The minimum atomic E-state index is -0.998. The second-order valence-electron chi connectivity index (χ2n) is 8.85. The number of aryl methyl sites for hydroxylation is 2. The number of imidazole rings is 1. The van der Waals surface area contributed by atoms with Crippen LogP contribution in [0.3, 0.4) is 0 Å². The van der Waals surface area contributed by atoms with E-state index in [2.05, 4.69) is 25.6 Å².